The Kier molecular flexibility index (Phi) is 2.78. The van der Waals surface area contributed by atoms with E-state index in [1.807, 2.05) is 0 Å². The van der Waals surface area contributed by atoms with Crippen molar-refractivity contribution in [2.24, 2.45) is 0 Å². The van der Waals surface area contributed by atoms with Gasteiger partial charge in [-0.2, -0.15) is 0 Å². The zero-order valence-corrected chi connectivity index (χ0v) is 10.6. The summed E-state index contributed by atoms with van der Waals surface area (Å²) >= 11 is 6.15. The van der Waals surface area contributed by atoms with Crippen LogP contribution in [0.15, 0.2) is 23.2 Å². The number of hydrogen-bond acceptors (Lipinski definition) is 4. The third kappa shape index (κ3) is 1.86. The van der Waals surface area contributed by atoms with Crippen molar-refractivity contribution in [1.82, 2.24) is 0 Å². The number of rotatable bonds is 1. The van der Waals surface area contributed by atoms with Gasteiger partial charge < -0.3 is 9.47 Å². The summed E-state index contributed by atoms with van der Waals surface area (Å²) in [6.07, 6.45) is 1.47. The van der Waals surface area contributed by atoms with Gasteiger partial charge in [0, 0.05) is 12.5 Å². The number of Topliss-reactive ketones (excluding diaryl/α,β-unsaturated/α-hetero) is 1. The maximum Gasteiger partial charge on any atom is 0.227 e. The van der Waals surface area contributed by atoms with Gasteiger partial charge in [0.1, 0.15) is 5.60 Å². The van der Waals surface area contributed by atoms with Crippen molar-refractivity contribution in [3.63, 3.8) is 0 Å². The van der Waals surface area contributed by atoms with Gasteiger partial charge in [0.25, 0.3) is 0 Å². The number of halogens is 1. The topological polar surface area (TPSA) is 52.6 Å². The number of carbonyl (C=O) groups excluding carboxylic acids is 2. The van der Waals surface area contributed by atoms with E-state index < -0.39 is 5.60 Å². The number of carbonyl (C=O) groups is 2. The molecule has 1 aliphatic heterocycles. The molecule has 1 atom stereocenters. The molecular formula is C12H13ClO4. The van der Waals surface area contributed by atoms with Crippen LogP contribution in [0.5, 0.6) is 0 Å². The molecule has 0 saturated carbocycles. The molecule has 1 aliphatic carbocycles. The van der Waals surface area contributed by atoms with Crippen LogP contribution in [-0.4, -0.2) is 29.7 Å². The first-order valence-corrected chi connectivity index (χ1v) is 5.71. The minimum atomic E-state index is -0.658. The fraction of sp³-hybridized carbons (Fsp3) is 0.500. The first-order chi connectivity index (χ1) is 7.86. The zero-order valence-electron chi connectivity index (χ0n) is 9.87. The van der Waals surface area contributed by atoms with E-state index in [4.69, 9.17) is 21.1 Å². The molecule has 0 radical (unpaired) electrons. The van der Waals surface area contributed by atoms with Gasteiger partial charge in [-0.25, -0.2) is 0 Å². The van der Waals surface area contributed by atoms with Crippen molar-refractivity contribution in [1.29, 1.82) is 0 Å². The number of ketones is 2. The Morgan fingerprint density at radius 1 is 1.47 bits per heavy atom. The van der Waals surface area contributed by atoms with E-state index in [2.05, 4.69) is 0 Å². The number of methoxy groups -OCH3 is 1. The highest BCUT2D eigenvalue weighted by molar-refractivity contribution is 6.25. The van der Waals surface area contributed by atoms with Crippen LogP contribution in [0.1, 0.15) is 20.3 Å². The Morgan fingerprint density at radius 2 is 2.12 bits per heavy atom. The van der Waals surface area contributed by atoms with Gasteiger partial charge in [-0.1, -0.05) is 0 Å². The summed E-state index contributed by atoms with van der Waals surface area (Å²) in [5, 5.41) is -0.353. The molecule has 0 bridgehead atoms. The predicted molar refractivity (Wildman–Crippen MR) is 61.6 cm³/mol. The van der Waals surface area contributed by atoms with Crippen LogP contribution in [0.3, 0.4) is 0 Å². The molecule has 0 saturated heterocycles. The van der Waals surface area contributed by atoms with Crippen LogP contribution in [0.2, 0.25) is 0 Å². The Morgan fingerprint density at radius 3 is 2.71 bits per heavy atom. The third-order valence-corrected chi connectivity index (χ3v) is 3.66. The van der Waals surface area contributed by atoms with E-state index in [-0.39, 0.29) is 28.5 Å². The van der Waals surface area contributed by atoms with Crippen LogP contribution in [0.25, 0.3) is 0 Å². The highest BCUT2D eigenvalue weighted by Crippen LogP contribution is 2.38. The molecule has 5 heteroatoms. The fourth-order valence-corrected chi connectivity index (χ4v) is 2.05. The Bertz CT molecular complexity index is 459. The second-order valence-electron chi connectivity index (χ2n) is 4.59. The van der Waals surface area contributed by atoms with Crippen molar-refractivity contribution in [2.75, 3.05) is 7.11 Å². The van der Waals surface area contributed by atoms with E-state index in [0.717, 1.165) is 6.08 Å². The van der Waals surface area contributed by atoms with Crippen LogP contribution < -0.4 is 0 Å². The van der Waals surface area contributed by atoms with Crippen molar-refractivity contribution in [2.45, 2.75) is 31.2 Å². The van der Waals surface area contributed by atoms with Crippen LogP contribution in [-0.2, 0) is 19.1 Å². The first kappa shape index (κ1) is 12.2. The summed E-state index contributed by atoms with van der Waals surface area (Å²) in [5.41, 5.74) is -0.344. The second kappa shape index (κ2) is 3.88. The van der Waals surface area contributed by atoms with Gasteiger partial charge >= 0.3 is 0 Å². The van der Waals surface area contributed by atoms with E-state index >= 15 is 0 Å². The molecule has 0 unspecified atom stereocenters. The fourth-order valence-electron chi connectivity index (χ4n) is 1.85. The highest BCUT2D eigenvalue weighted by Gasteiger charge is 2.43. The Labute approximate surface area is 104 Å². The quantitative estimate of drug-likeness (QED) is 0.530. The molecule has 0 fully saturated rings. The molecule has 0 N–H and O–H groups in total. The van der Waals surface area contributed by atoms with Gasteiger partial charge in [0.05, 0.1) is 18.1 Å². The van der Waals surface area contributed by atoms with Gasteiger partial charge in [-0.15, -0.1) is 11.6 Å². The normalized spacial score (nSPS) is 27.3. The second-order valence-corrected chi connectivity index (χ2v) is 5.12. The van der Waals surface area contributed by atoms with Crippen LogP contribution in [0, 0.1) is 0 Å². The summed E-state index contributed by atoms with van der Waals surface area (Å²) in [6, 6.07) is 0. The van der Waals surface area contributed by atoms with E-state index in [1.54, 1.807) is 13.8 Å². The van der Waals surface area contributed by atoms with Crippen LogP contribution in [0.4, 0.5) is 0 Å². The molecule has 0 aromatic carbocycles. The number of alkyl halides is 1. The van der Waals surface area contributed by atoms with Crippen molar-refractivity contribution in [3.05, 3.63) is 23.2 Å². The molecule has 4 nitrogen and oxygen atoms in total. The average Bonchev–Trinajstić information content (AvgIpc) is 2.26. The molecule has 2 aliphatic rings. The molecule has 92 valence electrons. The highest BCUT2D eigenvalue weighted by atomic mass is 35.5. The molecule has 1 heterocycles. The minimum absolute atomic E-state index is 0.0425. The molecule has 0 aromatic heterocycles. The zero-order chi connectivity index (χ0) is 12.8. The Balaban J connectivity index is 2.43. The maximum absolute atomic E-state index is 12.0. The van der Waals surface area contributed by atoms with E-state index in [9.17, 15) is 9.59 Å². The molecule has 0 amide bonds. The lowest BCUT2D eigenvalue weighted by Crippen LogP contribution is -2.43. The Hall–Kier alpha value is -1.29. The smallest absolute Gasteiger partial charge is 0.227 e. The lowest BCUT2D eigenvalue weighted by atomic mass is 9.87. The number of ether oxygens (including phenoxy) is 2. The standard InChI is InChI=1S/C12H13ClO4/c1-12(2)9(13)4-6-10(15)8(16-3)5-7(14)11(6)17-12/h5,9H,4H2,1-3H3/t9-/m0/s1. The lowest BCUT2D eigenvalue weighted by molar-refractivity contribution is -0.124. The molecule has 17 heavy (non-hydrogen) atoms. The maximum atomic E-state index is 12.0. The average molecular weight is 257 g/mol. The lowest BCUT2D eigenvalue weighted by Gasteiger charge is -2.38. The largest absolute Gasteiger partial charge is 0.493 e. The van der Waals surface area contributed by atoms with Crippen molar-refractivity contribution >= 4 is 23.2 Å². The van der Waals surface area contributed by atoms with Gasteiger partial charge in [-0.3, -0.25) is 9.59 Å². The monoisotopic (exact) mass is 256 g/mol. The van der Waals surface area contributed by atoms with E-state index in [1.165, 1.54) is 7.11 Å². The number of allylic oxidation sites excluding steroid dienone is 2. The summed E-state index contributed by atoms with van der Waals surface area (Å²) in [4.78, 5) is 23.8. The molecule has 0 spiro atoms. The summed E-state index contributed by atoms with van der Waals surface area (Å²) in [7, 11) is 1.36. The molecule has 2 rings (SSSR count). The summed E-state index contributed by atoms with van der Waals surface area (Å²) < 4.78 is 10.4. The van der Waals surface area contributed by atoms with Crippen molar-refractivity contribution in [3.8, 4) is 0 Å². The molecular weight excluding hydrogens is 244 g/mol. The molecule has 0 aromatic rings. The van der Waals surface area contributed by atoms with E-state index in [0.29, 0.717) is 12.0 Å². The third-order valence-electron chi connectivity index (χ3n) is 2.98. The van der Waals surface area contributed by atoms with Crippen molar-refractivity contribution < 1.29 is 19.1 Å². The number of hydrogen-bond donors (Lipinski definition) is 0. The van der Waals surface area contributed by atoms with Gasteiger partial charge in [-0.05, 0) is 13.8 Å². The summed E-state index contributed by atoms with van der Waals surface area (Å²) in [6.45, 7) is 3.59. The van der Waals surface area contributed by atoms with Gasteiger partial charge in [0.15, 0.2) is 11.5 Å². The SMILES string of the molecule is COC1=CC(=O)C2=C(C[C@H](Cl)C(C)(C)O2)C1=O. The van der Waals surface area contributed by atoms with Crippen LogP contribution >= 0.6 is 11.6 Å². The van der Waals surface area contributed by atoms with Gasteiger partial charge in [0.2, 0.25) is 11.6 Å². The summed E-state index contributed by atoms with van der Waals surface area (Å²) in [5.74, 6) is -0.505. The minimum Gasteiger partial charge on any atom is -0.493 e. The predicted octanol–water partition coefficient (Wildman–Crippen LogP) is 1.73. The first-order valence-electron chi connectivity index (χ1n) is 5.27.